The van der Waals surface area contributed by atoms with Gasteiger partial charge in [0, 0.05) is 30.3 Å². The number of rotatable bonds is 2. The molecular formula is C16H19ClN2O3. The molecule has 0 unspecified atom stereocenters. The first-order chi connectivity index (χ1) is 10.6. The quantitative estimate of drug-likeness (QED) is 0.902. The molecule has 118 valence electrons. The zero-order chi connectivity index (χ0) is 15.7. The molecule has 1 aromatic carbocycles. The molecule has 0 bridgehead atoms. The van der Waals surface area contributed by atoms with Crippen molar-refractivity contribution >= 4 is 23.4 Å². The fourth-order valence-electron chi connectivity index (χ4n) is 3.08. The highest BCUT2D eigenvalue weighted by atomic mass is 35.5. The summed E-state index contributed by atoms with van der Waals surface area (Å²) in [5.74, 6) is -0.146. The van der Waals surface area contributed by atoms with Crippen LogP contribution in [0.15, 0.2) is 24.3 Å². The molecule has 2 heterocycles. The lowest BCUT2D eigenvalue weighted by molar-refractivity contribution is -0.151. The van der Waals surface area contributed by atoms with Crippen molar-refractivity contribution in [2.45, 2.75) is 25.5 Å². The van der Waals surface area contributed by atoms with Gasteiger partial charge in [0.25, 0.3) is 5.91 Å². The molecule has 6 heteroatoms. The molecule has 2 fully saturated rings. The highest BCUT2D eigenvalue weighted by molar-refractivity contribution is 6.31. The van der Waals surface area contributed by atoms with Crippen LogP contribution in [0.1, 0.15) is 24.9 Å². The van der Waals surface area contributed by atoms with E-state index in [2.05, 4.69) is 5.32 Å². The number of halogens is 1. The number of carbonyl (C=O) groups is 2. The van der Waals surface area contributed by atoms with Crippen molar-refractivity contribution in [1.29, 1.82) is 0 Å². The Morgan fingerprint density at radius 2 is 2.18 bits per heavy atom. The Morgan fingerprint density at radius 1 is 1.41 bits per heavy atom. The highest BCUT2D eigenvalue weighted by Crippen LogP contribution is 2.32. The summed E-state index contributed by atoms with van der Waals surface area (Å²) < 4.78 is 5.57. The molecule has 3 rings (SSSR count). The zero-order valence-corrected chi connectivity index (χ0v) is 13.2. The summed E-state index contributed by atoms with van der Waals surface area (Å²) in [6.45, 7) is 3.51. The van der Waals surface area contributed by atoms with Crippen LogP contribution in [-0.4, -0.2) is 42.5 Å². The topological polar surface area (TPSA) is 58.6 Å². The van der Waals surface area contributed by atoms with Crippen LogP contribution in [0, 0.1) is 5.92 Å². The zero-order valence-electron chi connectivity index (χ0n) is 12.4. The van der Waals surface area contributed by atoms with Gasteiger partial charge in [0.15, 0.2) is 0 Å². The van der Waals surface area contributed by atoms with Crippen LogP contribution < -0.4 is 5.32 Å². The number of hydrogen-bond donors (Lipinski definition) is 1. The van der Waals surface area contributed by atoms with E-state index in [1.807, 2.05) is 13.0 Å². The third kappa shape index (κ3) is 2.71. The van der Waals surface area contributed by atoms with E-state index in [1.165, 1.54) is 0 Å². The molecule has 1 N–H and O–H groups in total. The molecule has 2 aliphatic heterocycles. The van der Waals surface area contributed by atoms with Crippen molar-refractivity contribution < 1.29 is 14.3 Å². The molecule has 0 aliphatic carbocycles. The smallest absolute Gasteiger partial charge is 0.252 e. The molecule has 0 aromatic heterocycles. The van der Waals surface area contributed by atoms with Gasteiger partial charge in [0.05, 0.1) is 0 Å². The summed E-state index contributed by atoms with van der Waals surface area (Å²) in [7, 11) is 0. The van der Waals surface area contributed by atoms with Gasteiger partial charge in [-0.1, -0.05) is 36.7 Å². The van der Waals surface area contributed by atoms with Gasteiger partial charge in [0.1, 0.15) is 12.1 Å². The van der Waals surface area contributed by atoms with Gasteiger partial charge in [-0.2, -0.15) is 0 Å². The van der Waals surface area contributed by atoms with Gasteiger partial charge in [-0.15, -0.1) is 0 Å². The van der Waals surface area contributed by atoms with Crippen LogP contribution in [0.3, 0.4) is 0 Å². The predicted molar refractivity (Wildman–Crippen MR) is 82.4 cm³/mol. The van der Waals surface area contributed by atoms with Crippen LogP contribution in [-0.2, 0) is 14.3 Å². The van der Waals surface area contributed by atoms with Crippen molar-refractivity contribution in [2.24, 2.45) is 5.92 Å². The molecule has 2 amide bonds. The first-order valence-corrected chi connectivity index (χ1v) is 7.91. The van der Waals surface area contributed by atoms with Gasteiger partial charge >= 0.3 is 0 Å². The van der Waals surface area contributed by atoms with E-state index in [9.17, 15) is 9.59 Å². The Hall–Kier alpha value is -1.59. The van der Waals surface area contributed by atoms with Crippen molar-refractivity contribution in [3.05, 3.63) is 34.9 Å². The second kappa shape index (κ2) is 6.26. The third-order valence-electron chi connectivity index (χ3n) is 4.33. The van der Waals surface area contributed by atoms with Crippen LogP contribution in [0.25, 0.3) is 0 Å². The van der Waals surface area contributed by atoms with Gasteiger partial charge in [0.2, 0.25) is 5.91 Å². The highest BCUT2D eigenvalue weighted by Gasteiger charge is 2.41. The molecule has 0 spiro atoms. The maximum Gasteiger partial charge on any atom is 0.252 e. The Kier molecular flexibility index (Phi) is 4.36. The Bertz CT molecular complexity index is 593. The van der Waals surface area contributed by atoms with Crippen molar-refractivity contribution in [3.63, 3.8) is 0 Å². The monoisotopic (exact) mass is 322 g/mol. The van der Waals surface area contributed by atoms with E-state index in [0.29, 0.717) is 30.3 Å². The SMILES string of the molecule is C[C@@H]1CCO[C@H]1C(=O)N1CCNC(=O)[C@H]1c1ccccc1Cl. The number of nitrogens with zero attached hydrogens (tertiary/aromatic N) is 1. The fraction of sp³-hybridized carbons (Fsp3) is 0.500. The van der Waals surface area contributed by atoms with Gasteiger partial charge in [-0.25, -0.2) is 0 Å². The summed E-state index contributed by atoms with van der Waals surface area (Å²) in [4.78, 5) is 26.8. The third-order valence-corrected chi connectivity index (χ3v) is 4.67. The first-order valence-electron chi connectivity index (χ1n) is 7.54. The normalized spacial score (nSPS) is 28.5. The second-order valence-electron chi connectivity index (χ2n) is 5.80. The number of carbonyl (C=O) groups excluding carboxylic acids is 2. The Morgan fingerprint density at radius 3 is 2.86 bits per heavy atom. The fourth-order valence-corrected chi connectivity index (χ4v) is 3.32. The molecule has 2 aliphatic rings. The molecular weight excluding hydrogens is 304 g/mol. The average Bonchev–Trinajstić information content (AvgIpc) is 2.93. The minimum Gasteiger partial charge on any atom is -0.368 e. The molecule has 1 aromatic rings. The maximum absolute atomic E-state index is 12.8. The van der Waals surface area contributed by atoms with E-state index in [-0.39, 0.29) is 17.7 Å². The van der Waals surface area contributed by atoms with Gasteiger partial charge in [-0.3, -0.25) is 9.59 Å². The minimum atomic E-state index is -0.689. The first kappa shape index (κ1) is 15.3. The number of ether oxygens (including phenoxy) is 1. The second-order valence-corrected chi connectivity index (χ2v) is 6.21. The van der Waals surface area contributed by atoms with E-state index in [1.54, 1.807) is 23.1 Å². The summed E-state index contributed by atoms with van der Waals surface area (Å²) in [5, 5.41) is 3.30. The Balaban J connectivity index is 1.92. The van der Waals surface area contributed by atoms with Crippen molar-refractivity contribution in [3.8, 4) is 0 Å². The number of nitrogens with one attached hydrogen (secondary N) is 1. The van der Waals surface area contributed by atoms with Crippen molar-refractivity contribution in [1.82, 2.24) is 10.2 Å². The van der Waals surface area contributed by atoms with E-state index in [4.69, 9.17) is 16.3 Å². The Labute approximate surface area is 134 Å². The van der Waals surface area contributed by atoms with E-state index in [0.717, 1.165) is 6.42 Å². The average molecular weight is 323 g/mol. The largest absolute Gasteiger partial charge is 0.368 e. The summed E-state index contributed by atoms with van der Waals surface area (Å²) in [6, 6.07) is 6.46. The lowest BCUT2D eigenvalue weighted by atomic mass is 9.98. The predicted octanol–water partition coefficient (Wildman–Crippen LogP) is 1.76. The molecule has 0 saturated carbocycles. The number of piperazine rings is 1. The standard InChI is InChI=1S/C16H19ClN2O3/c1-10-6-9-22-14(10)16(21)19-8-7-18-15(20)13(19)11-4-2-3-5-12(11)17/h2-5,10,13-14H,6-9H2,1H3,(H,18,20)/t10-,13-,14-/m1/s1. The van der Waals surface area contributed by atoms with Gasteiger partial charge in [-0.05, 0) is 18.4 Å². The van der Waals surface area contributed by atoms with Crippen molar-refractivity contribution in [2.75, 3.05) is 19.7 Å². The van der Waals surface area contributed by atoms with Crippen LogP contribution in [0.2, 0.25) is 5.02 Å². The number of benzene rings is 1. The van der Waals surface area contributed by atoms with Crippen LogP contribution in [0.4, 0.5) is 0 Å². The summed E-state index contributed by atoms with van der Waals surface area (Å²) in [6.07, 6.45) is 0.406. The number of hydrogen-bond acceptors (Lipinski definition) is 3. The lowest BCUT2D eigenvalue weighted by Crippen LogP contribution is -2.55. The van der Waals surface area contributed by atoms with E-state index >= 15 is 0 Å². The minimum absolute atomic E-state index is 0.121. The van der Waals surface area contributed by atoms with Crippen LogP contribution in [0.5, 0.6) is 0 Å². The maximum atomic E-state index is 12.8. The molecule has 5 nitrogen and oxygen atoms in total. The summed E-state index contributed by atoms with van der Waals surface area (Å²) >= 11 is 6.23. The van der Waals surface area contributed by atoms with Crippen LogP contribution >= 0.6 is 11.6 Å². The molecule has 0 radical (unpaired) electrons. The molecule has 22 heavy (non-hydrogen) atoms. The number of amides is 2. The molecule has 3 atom stereocenters. The lowest BCUT2D eigenvalue weighted by Gasteiger charge is -2.37. The van der Waals surface area contributed by atoms with Gasteiger partial charge < -0.3 is 15.0 Å². The molecule has 2 saturated heterocycles. The summed E-state index contributed by atoms with van der Waals surface area (Å²) in [5.41, 5.74) is 0.653. The van der Waals surface area contributed by atoms with E-state index < -0.39 is 12.1 Å².